The lowest BCUT2D eigenvalue weighted by molar-refractivity contribution is 0.102. The van der Waals surface area contributed by atoms with Crippen molar-refractivity contribution in [1.29, 1.82) is 0 Å². The summed E-state index contributed by atoms with van der Waals surface area (Å²) >= 11 is 6.09. The number of aromatic nitrogens is 2. The summed E-state index contributed by atoms with van der Waals surface area (Å²) in [5, 5.41) is 6.64. The van der Waals surface area contributed by atoms with Crippen molar-refractivity contribution >= 4 is 29.0 Å². The Morgan fingerprint density at radius 1 is 1.08 bits per heavy atom. The number of nitrogens with zero attached hydrogens (tertiary/aromatic N) is 2. The van der Waals surface area contributed by atoms with Crippen molar-refractivity contribution in [3.8, 4) is 0 Å². The molecule has 3 aromatic rings. The first-order valence-corrected chi connectivity index (χ1v) is 8.58. The standard InChI is InChI=1S/C20H19ClN4O/c1-13-6-8-15(9-7-13)11-22-19-10-18(23-12-24-19)20(26)25-17-5-3-4-16(21)14(17)2/h3-10,12H,11H2,1-2H3,(H,25,26)(H,22,23,24). The van der Waals surface area contributed by atoms with Gasteiger partial charge in [0.15, 0.2) is 0 Å². The maximum absolute atomic E-state index is 12.5. The lowest BCUT2D eigenvalue weighted by Crippen LogP contribution is -2.15. The molecule has 2 aromatic carbocycles. The van der Waals surface area contributed by atoms with Crippen LogP contribution in [0.5, 0.6) is 0 Å². The third-order valence-corrected chi connectivity index (χ3v) is 4.42. The summed E-state index contributed by atoms with van der Waals surface area (Å²) in [6.07, 6.45) is 1.37. The molecule has 0 aliphatic rings. The number of amides is 1. The summed E-state index contributed by atoms with van der Waals surface area (Å²) in [5.74, 6) is 0.282. The number of anilines is 2. The van der Waals surface area contributed by atoms with E-state index >= 15 is 0 Å². The van der Waals surface area contributed by atoms with Gasteiger partial charge in [0.05, 0.1) is 0 Å². The van der Waals surface area contributed by atoms with Gasteiger partial charge in [-0.05, 0) is 37.1 Å². The Morgan fingerprint density at radius 2 is 1.85 bits per heavy atom. The van der Waals surface area contributed by atoms with Gasteiger partial charge < -0.3 is 10.6 Å². The fourth-order valence-electron chi connectivity index (χ4n) is 2.41. The second-order valence-corrected chi connectivity index (χ2v) is 6.40. The predicted molar refractivity (Wildman–Crippen MR) is 105 cm³/mol. The van der Waals surface area contributed by atoms with Crippen LogP contribution in [0.4, 0.5) is 11.5 Å². The quantitative estimate of drug-likeness (QED) is 0.691. The van der Waals surface area contributed by atoms with Gasteiger partial charge in [-0.3, -0.25) is 4.79 Å². The second-order valence-electron chi connectivity index (χ2n) is 5.99. The highest BCUT2D eigenvalue weighted by molar-refractivity contribution is 6.31. The average Bonchev–Trinajstić information content (AvgIpc) is 2.65. The molecule has 1 amide bonds. The van der Waals surface area contributed by atoms with Gasteiger partial charge in [0.2, 0.25) is 0 Å². The number of rotatable bonds is 5. The zero-order valence-electron chi connectivity index (χ0n) is 14.6. The molecule has 0 fully saturated rings. The predicted octanol–water partition coefficient (Wildman–Crippen LogP) is 4.61. The van der Waals surface area contributed by atoms with E-state index in [0.29, 0.717) is 23.1 Å². The molecule has 0 spiro atoms. The first-order valence-electron chi connectivity index (χ1n) is 8.21. The van der Waals surface area contributed by atoms with E-state index in [-0.39, 0.29) is 11.6 Å². The molecule has 5 nitrogen and oxygen atoms in total. The number of nitrogens with one attached hydrogen (secondary N) is 2. The first kappa shape index (κ1) is 17.9. The van der Waals surface area contributed by atoms with E-state index in [4.69, 9.17) is 11.6 Å². The number of carbonyl (C=O) groups is 1. The lowest BCUT2D eigenvalue weighted by atomic mass is 10.1. The topological polar surface area (TPSA) is 66.9 Å². The van der Waals surface area contributed by atoms with Crippen LogP contribution in [0, 0.1) is 13.8 Å². The zero-order chi connectivity index (χ0) is 18.5. The molecule has 0 radical (unpaired) electrons. The highest BCUT2D eigenvalue weighted by Gasteiger charge is 2.11. The van der Waals surface area contributed by atoms with E-state index in [9.17, 15) is 4.79 Å². The van der Waals surface area contributed by atoms with Crippen molar-refractivity contribution in [1.82, 2.24) is 9.97 Å². The van der Waals surface area contributed by atoms with Gasteiger partial charge in [-0.1, -0.05) is 47.5 Å². The zero-order valence-corrected chi connectivity index (χ0v) is 15.3. The monoisotopic (exact) mass is 366 g/mol. The second kappa shape index (κ2) is 7.97. The third kappa shape index (κ3) is 4.37. The number of hydrogen-bond acceptors (Lipinski definition) is 4. The minimum atomic E-state index is -0.309. The molecular weight excluding hydrogens is 348 g/mol. The molecule has 2 N–H and O–H groups in total. The molecule has 0 aliphatic heterocycles. The van der Waals surface area contributed by atoms with E-state index in [1.165, 1.54) is 11.9 Å². The van der Waals surface area contributed by atoms with Gasteiger partial charge >= 0.3 is 0 Å². The summed E-state index contributed by atoms with van der Waals surface area (Å²) in [6.45, 7) is 4.52. The number of halogens is 1. The van der Waals surface area contributed by atoms with Crippen LogP contribution in [0.3, 0.4) is 0 Å². The highest BCUT2D eigenvalue weighted by atomic mass is 35.5. The summed E-state index contributed by atoms with van der Waals surface area (Å²) < 4.78 is 0. The molecule has 3 rings (SSSR count). The highest BCUT2D eigenvalue weighted by Crippen LogP contribution is 2.23. The van der Waals surface area contributed by atoms with Crippen molar-refractivity contribution in [3.63, 3.8) is 0 Å². The SMILES string of the molecule is Cc1ccc(CNc2cc(C(=O)Nc3cccc(Cl)c3C)ncn2)cc1. The Morgan fingerprint density at radius 3 is 2.62 bits per heavy atom. The summed E-state index contributed by atoms with van der Waals surface area (Å²) in [6, 6.07) is 15.2. The number of carbonyl (C=O) groups excluding carboxylic acids is 1. The van der Waals surface area contributed by atoms with E-state index in [1.54, 1.807) is 24.3 Å². The molecule has 6 heteroatoms. The van der Waals surface area contributed by atoms with Gasteiger partial charge in [0.25, 0.3) is 5.91 Å². The molecule has 0 saturated heterocycles. The summed E-state index contributed by atoms with van der Waals surface area (Å²) in [5.41, 5.74) is 4.11. The normalized spacial score (nSPS) is 10.4. The van der Waals surface area contributed by atoms with Crippen LogP contribution in [0.1, 0.15) is 27.2 Å². The van der Waals surface area contributed by atoms with E-state index in [1.807, 2.05) is 13.8 Å². The average molecular weight is 367 g/mol. The summed E-state index contributed by atoms with van der Waals surface area (Å²) in [7, 11) is 0. The van der Waals surface area contributed by atoms with E-state index in [2.05, 4.69) is 44.9 Å². The molecule has 132 valence electrons. The molecule has 0 saturated carbocycles. The molecule has 1 heterocycles. The Kier molecular flexibility index (Phi) is 5.49. The number of aryl methyl sites for hydroxylation is 1. The first-order chi connectivity index (χ1) is 12.5. The van der Waals surface area contributed by atoms with Gasteiger partial charge in [-0.25, -0.2) is 9.97 Å². The molecular formula is C20H19ClN4O. The van der Waals surface area contributed by atoms with Gasteiger partial charge in [-0.2, -0.15) is 0 Å². The van der Waals surface area contributed by atoms with Crippen molar-refractivity contribution in [3.05, 3.63) is 82.3 Å². The maximum Gasteiger partial charge on any atom is 0.274 e. The summed E-state index contributed by atoms with van der Waals surface area (Å²) in [4.78, 5) is 20.7. The van der Waals surface area contributed by atoms with Crippen molar-refractivity contribution in [2.45, 2.75) is 20.4 Å². The smallest absolute Gasteiger partial charge is 0.274 e. The van der Waals surface area contributed by atoms with Crippen molar-refractivity contribution in [2.75, 3.05) is 10.6 Å². The van der Waals surface area contributed by atoms with E-state index in [0.717, 1.165) is 11.1 Å². The maximum atomic E-state index is 12.5. The van der Waals surface area contributed by atoms with Crippen LogP contribution in [0.25, 0.3) is 0 Å². The largest absolute Gasteiger partial charge is 0.366 e. The van der Waals surface area contributed by atoms with Crippen LogP contribution >= 0.6 is 11.6 Å². The molecule has 0 aliphatic carbocycles. The number of hydrogen-bond donors (Lipinski definition) is 2. The molecule has 0 bridgehead atoms. The van der Waals surface area contributed by atoms with E-state index < -0.39 is 0 Å². The Hall–Kier alpha value is -2.92. The Balaban J connectivity index is 1.69. The molecule has 26 heavy (non-hydrogen) atoms. The van der Waals surface area contributed by atoms with Gasteiger partial charge in [0.1, 0.15) is 17.8 Å². The minimum Gasteiger partial charge on any atom is -0.366 e. The number of benzene rings is 2. The van der Waals surface area contributed by atoms with Gasteiger partial charge in [0, 0.05) is 23.3 Å². The fraction of sp³-hybridized carbons (Fsp3) is 0.150. The fourth-order valence-corrected chi connectivity index (χ4v) is 2.58. The van der Waals surface area contributed by atoms with Gasteiger partial charge in [-0.15, -0.1) is 0 Å². The van der Waals surface area contributed by atoms with Crippen LogP contribution in [-0.2, 0) is 6.54 Å². The molecule has 1 aromatic heterocycles. The Labute approximate surface area is 157 Å². The van der Waals surface area contributed by atoms with Crippen LogP contribution < -0.4 is 10.6 Å². The molecule has 0 atom stereocenters. The minimum absolute atomic E-state index is 0.283. The lowest BCUT2D eigenvalue weighted by Gasteiger charge is -2.10. The molecule has 0 unspecified atom stereocenters. The van der Waals surface area contributed by atoms with Crippen molar-refractivity contribution in [2.24, 2.45) is 0 Å². The Bertz CT molecular complexity index is 925. The third-order valence-electron chi connectivity index (χ3n) is 4.01. The van der Waals surface area contributed by atoms with Crippen molar-refractivity contribution < 1.29 is 4.79 Å². The van der Waals surface area contributed by atoms with Crippen LogP contribution in [0.2, 0.25) is 5.02 Å². The van der Waals surface area contributed by atoms with Crippen LogP contribution in [-0.4, -0.2) is 15.9 Å². The van der Waals surface area contributed by atoms with Crippen LogP contribution in [0.15, 0.2) is 54.9 Å².